The molecule has 5 nitrogen and oxygen atoms in total. The first kappa shape index (κ1) is 40.2. The summed E-state index contributed by atoms with van der Waals surface area (Å²) < 4.78 is 0. The monoisotopic (exact) mass is 781 g/mol. The maximum absolute atomic E-state index is 12.1. The Hall–Kier alpha value is -5.60. The van der Waals surface area contributed by atoms with Crippen LogP contribution in [0.15, 0.2) is 126 Å². The van der Waals surface area contributed by atoms with Crippen LogP contribution in [0.5, 0.6) is 0 Å². The molecule has 2 bridgehead atoms. The molecule has 1 N–H and O–H groups in total. The van der Waals surface area contributed by atoms with Gasteiger partial charge in [0.2, 0.25) is 0 Å². The van der Waals surface area contributed by atoms with Gasteiger partial charge in [-0.25, -0.2) is 4.79 Å². The van der Waals surface area contributed by atoms with E-state index in [1.165, 1.54) is 87.4 Å². The fraction of sp³-hybridized carbons (Fsp3) is 0.370. The number of allylic oxidation sites excluding steroid dienone is 6. The minimum atomic E-state index is -1.14. The van der Waals surface area contributed by atoms with Crippen molar-refractivity contribution in [3.8, 4) is 6.07 Å². The summed E-state index contributed by atoms with van der Waals surface area (Å²) in [7, 11) is 0. The van der Waals surface area contributed by atoms with Crippen molar-refractivity contribution in [3.63, 3.8) is 0 Å². The molecule has 1 fully saturated rings. The molecule has 2 heterocycles. The van der Waals surface area contributed by atoms with Gasteiger partial charge in [-0.1, -0.05) is 101 Å². The van der Waals surface area contributed by atoms with Gasteiger partial charge in [0, 0.05) is 35.8 Å². The van der Waals surface area contributed by atoms with Gasteiger partial charge in [-0.05, 0) is 174 Å². The second-order valence-corrected chi connectivity index (χ2v) is 17.7. The first-order chi connectivity index (χ1) is 28.7. The summed E-state index contributed by atoms with van der Waals surface area (Å²) in [6.45, 7) is 10.9. The largest absolute Gasteiger partial charge is 0.477 e. The van der Waals surface area contributed by atoms with Gasteiger partial charge in [0.1, 0.15) is 11.6 Å². The SMILES string of the molecule is CCCCc1ccc(N2CCCc3cc(C(=CC=CC4=CC(=C(C#N)C(=O)O)C5CC4C5(C)C)c4ccc5c(c4)CCCN5c4ccc(CCCC)cc4)ccc32)cc1. The molecule has 1 saturated carbocycles. The van der Waals surface area contributed by atoms with E-state index in [1.54, 1.807) is 0 Å². The molecule has 0 spiro atoms. The number of carbonyl (C=O) groups is 1. The number of nitriles is 1. The Balaban J connectivity index is 1.16. The van der Waals surface area contributed by atoms with Gasteiger partial charge >= 0.3 is 5.97 Å². The molecule has 59 heavy (non-hydrogen) atoms. The van der Waals surface area contributed by atoms with E-state index in [2.05, 4.69) is 141 Å². The molecule has 0 radical (unpaired) electrons. The average Bonchev–Trinajstić information content (AvgIpc) is 3.26. The van der Waals surface area contributed by atoms with Crippen molar-refractivity contribution in [2.75, 3.05) is 22.9 Å². The predicted molar refractivity (Wildman–Crippen MR) is 244 cm³/mol. The van der Waals surface area contributed by atoms with Gasteiger partial charge in [0.15, 0.2) is 0 Å². The zero-order valence-electron chi connectivity index (χ0n) is 35.4. The topological polar surface area (TPSA) is 67.6 Å². The summed E-state index contributed by atoms with van der Waals surface area (Å²) in [5.41, 5.74) is 15.7. The quantitative estimate of drug-likeness (QED) is 0.0831. The minimum absolute atomic E-state index is 0.0876. The van der Waals surface area contributed by atoms with Crippen LogP contribution in [-0.2, 0) is 30.5 Å². The number of rotatable bonds is 13. The standard InChI is InChI=1S/C54H59N3O2/c1-5-7-12-37-18-24-44(25-19-37)56-30-10-15-42-32-39(22-28-51(42)56)46(17-9-14-41-34-47(48(36-55)53(58)59)50-35-49(41)54(50,3)4)40-23-29-52-43(33-40)16-11-31-57(52)45-26-20-38(21-27-45)13-8-6-2/h9,14,17-29,32-34,49-50H,5-8,10-13,15-16,30-31,35H2,1-4H3,(H,58,59). The highest BCUT2D eigenvalue weighted by Crippen LogP contribution is 2.62. The zero-order valence-corrected chi connectivity index (χ0v) is 35.4. The Labute approximate surface area is 352 Å². The second-order valence-electron chi connectivity index (χ2n) is 17.7. The summed E-state index contributed by atoms with van der Waals surface area (Å²) in [6.07, 6.45) is 20.8. The van der Waals surface area contributed by atoms with Crippen LogP contribution in [0.4, 0.5) is 22.7 Å². The summed E-state index contributed by atoms with van der Waals surface area (Å²) in [6, 6.07) is 34.4. The zero-order chi connectivity index (χ0) is 41.1. The molecule has 2 unspecified atom stereocenters. The molecule has 5 aliphatic rings. The number of benzene rings is 4. The Bertz CT molecular complexity index is 2250. The Morgan fingerprint density at radius 2 is 1.31 bits per heavy atom. The third kappa shape index (κ3) is 8.07. The smallest absolute Gasteiger partial charge is 0.346 e. The van der Waals surface area contributed by atoms with E-state index in [-0.39, 0.29) is 16.9 Å². The van der Waals surface area contributed by atoms with Gasteiger partial charge in [-0.15, -0.1) is 0 Å². The Kier molecular flexibility index (Phi) is 11.8. The van der Waals surface area contributed by atoms with Gasteiger partial charge in [0.05, 0.1) is 0 Å². The lowest BCUT2D eigenvalue weighted by molar-refractivity contribution is -0.132. The molecule has 5 heteroatoms. The highest BCUT2D eigenvalue weighted by Gasteiger charge is 2.54. The molecule has 0 saturated heterocycles. The summed E-state index contributed by atoms with van der Waals surface area (Å²) in [5.74, 6) is -0.732. The molecule has 3 aliphatic carbocycles. The van der Waals surface area contributed by atoms with Crippen LogP contribution in [0.1, 0.15) is 106 Å². The van der Waals surface area contributed by atoms with Crippen molar-refractivity contribution in [2.24, 2.45) is 17.3 Å². The third-order valence-electron chi connectivity index (χ3n) is 13.7. The molecule has 4 aromatic carbocycles. The number of aliphatic carboxylic acids is 1. The molecule has 9 rings (SSSR count). The van der Waals surface area contributed by atoms with E-state index in [1.807, 2.05) is 12.1 Å². The number of carboxylic acid groups (broad SMARTS) is 1. The van der Waals surface area contributed by atoms with Crippen molar-refractivity contribution in [3.05, 3.63) is 159 Å². The lowest BCUT2D eigenvalue weighted by atomic mass is 9.47. The second kappa shape index (κ2) is 17.3. The summed E-state index contributed by atoms with van der Waals surface area (Å²) >= 11 is 0. The van der Waals surface area contributed by atoms with E-state index in [9.17, 15) is 15.2 Å². The number of carboxylic acids is 1. The van der Waals surface area contributed by atoms with Crippen molar-refractivity contribution in [2.45, 2.75) is 98.3 Å². The lowest BCUT2D eigenvalue weighted by Gasteiger charge is -2.57. The van der Waals surface area contributed by atoms with E-state index in [0.717, 1.165) is 63.6 Å². The molecule has 0 amide bonds. The number of anilines is 4. The Morgan fingerprint density at radius 1 is 0.780 bits per heavy atom. The van der Waals surface area contributed by atoms with Crippen LogP contribution in [0.25, 0.3) is 5.57 Å². The van der Waals surface area contributed by atoms with Crippen LogP contribution >= 0.6 is 0 Å². The molecule has 0 aromatic heterocycles. The average molecular weight is 782 g/mol. The maximum Gasteiger partial charge on any atom is 0.346 e. The lowest BCUT2D eigenvalue weighted by Crippen LogP contribution is -2.49. The predicted octanol–water partition coefficient (Wildman–Crippen LogP) is 13.0. The number of hydrogen-bond acceptors (Lipinski definition) is 4. The van der Waals surface area contributed by atoms with Gasteiger partial charge in [-0.3, -0.25) is 0 Å². The molecule has 2 atom stereocenters. The van der Waals surface area contributed by atoms with Crippen molar-refractivity contribution >= 4 is 34.3 Å². The molecular formula is C54H59N3O2. The summed E-state index contributed by atoms with van der Waals surface area (Å²) in [4.78, 5) is 17.1. The molecule has 4 aromatic rings. The van der Waals surface area contributed by atoms with Crippen LogP contribution in [0.3, 0.4) is 0 Å². The van der Waals surface area contributed by atoms with Gasteiger partial charge in [0.25, 0.3) is 0 Å². The van der Waals surface area contributed by atoms with E-state index < -0.39 is 5.97 Å². The first-order valence-corrected chi connectivity index (χ1v) is 22.2. The van der Waals surface area contributed by atoms with Crippen LogP contribution in [-0.4, -0.2) is 24.2 Å². The van der Waals surface area contributed by atoms with Gasteiger partial charge in [-0.2, -0.15) is 5.26 Å². The van der Waals surface area contributed by atoms with Crippen molar-refractivity contribution in [1.82, 2.24) is 0 Å². The number of hydrogen-bond donors (Lipinski definition) is 1. The maximum atomic E-state index is 12.1. The summed E-state index contributed by atoms with van der Waals surface area (Å²) in [5, 5.41) is 19.7. The number of unbranched alkanes of at least 4 members (excludes halogenated alkanes) is 2. The van der Waals surface area contributed by atoms with Gasteiger partial charge < -0.3 is 14.9 Å². The van der Waals surface area contributed by atoms with E-state index in [0.29, 0.717) is 11.5 Å². The highest BCUT2D eigenvalue weighted by molar-refractivity contribution is 5.93. The first-order valence-electron chi connectivity index (χ1n) is 22.2. The molecule has 2 aliphatic heterocycles. The number of nitrogens with zero attached hydrogens (tertiary/aromatic N) is 3. The normalized spacial score (nSPS) is 19.9. The van der Waals surface area contributed by atoms with Crippen LogP contribution in [0, 0.1) is 28.6 Å². The fourth-order valence-electron chi connectivity index (χ4n) is 10.2. The highest BCUT2D eigenvalue weighted by atomic mass is 16.4. The van der Waals surface area contributed by atoms with E-state index in [4.69, 9.17) is 0 Å². The molecular weight excluding hydrogens is 723 g/mol. The van der Waals surface area contributed by atoms with Crippen LogP contribution in [0.2, 0.25) is 0 Å². The molecule has 302 valence electrons. The van der Waals surface area contributed by atoms with E-state index >= 15 is 0 Å². The number of aryl methyl sites for hydroxylation is 4. The Morgan fingerprint density at radius 3 is 1.76 bits per heavy atom. The minimum Gasteiger partial charge on any atom is -0.477 e. The van der Waals surface area contributed by atoms with Crippen molar-refractivity contribution in [1.29, 1.82) is 5.26 Å². The van der Waals surface area contributed by atoms with Crippen molar-refractivity contribution < 1.29 is 9.90 Å². The third-order valence-corrected chi connectivity index (χ3v) is 13.7. The fourth-order valence-corrected chi connectivity index (χ4v) is 10.2. The van der Waals surface area contributed by atoms with Crippen LogP contribution < -0.4 is 9.80 Å². The number of fused-ring (bicyclic) bond motifs is 3.